The number of hydrogen-bond donors (Lipinski definition) is 2. The zero-order valence-electron chi connectivity index (χ0n) is 14.6. The van der Waals surface area contributed by atoms with Crippen molar-refractivity contribution < 1.29 is 9.53 Å². The van der Waals surface area contributed by atoms with Gasteiger partial charge in [0.05, 0.1) is 11.3 Å². The van der Waals surface area contributed by atoms with Gasteiger partial charge in [-0.2, -0.15) is 0 Å². The third-order valence-electron chi connectivity index (χ3n) is 3.74. The number of halogens is 1. The fourth-order valence-corrected chi connectivity index (χ4v) is 3.49. The minimum Gasteiger partial charge on any atom is -0.457 e. The predicted octanol–water partition coefficient (Wildman–Crippen LogP) is 5.24. The molecular weight excluding hydrogens is 440 g/mol. The third-order valence-corrected chi connectivity index (χ3v) is 5.05. The average molecular weight is 455 g/mol. The van der Waals surface area contributed by atoms with Crippen LogP contribution in [-0.2, 0) is 4.79 Å². The first-order valence-corrected chi connectivity index (χ1v) is 10.2. The Labute approximate surface area is 173 Å². The highest BCUT2D eigenvalue weighted by molar-refractivity contribution is 9.10. The molecule has 140 valence electrons. The van der Waals surface area contributed by atoms with Gasteiger partial charge in [0.15, 0.2) is 10.8 Å². The molecule has 0 unspecified atom stereocenters. The number of benzene rings is 2. The second-order valence-electron chi connectivity index (χ2n) is 5.84. The van der Waals surface area contributed by atoms with Crippen LogP contribution >= 0.6 is 27.7 Å². The van der Waals surface area contributed by atoms with Crippen molar-refractivity contribution in [2.45, 2.75) is 5.16 Å². The van der Waals surface area contributed by atoms with Gasteiger partial charge < -0.3 is 15.0 Å². The van der Waals surface area contributed by atoms with Crippen LogP contribution in [0.3, 0.4) is 0 Å². The smallest absolute Gasteiger partial charge is 0.234 e. The van der Waals surface area contributed by atoms with E-state index in [1.54, 1.807) is 6.20 Å². The molecule has 0 aliphatic heterocycles. The number of carbonyl (C=O) groups is 1. The van der Waals surface area contributed by atoms with E-state index < -0.39 is 0 Å². The first kappa shape index (κ1) is 18.5. The van der Waals surface area contributed by atoms with Crippen LogP contribution < -0.4 is 10.1 Å². The van der Waals surface area contributed by atoms with E-state index in [2.05, 4.69) is 36.2 Å². The van der Waals surface area contributed by atoms with Gasteiger partial charge in [-0.05, 0) is 58.4 Å². The molecule has 0 saturated carbocycles. The Morgan fingerprint density at radius 3 is 2.64 bits per heavy atom. The van der Waals surface area contributed by atoms with Crippen LogP contribution in [0.25, 0.3) is 11.2 Å². The summed E-state index contributed by atoms with van der Waals surface area (Å²) in [7, 11) is 0. The molecule has 0 aliphatic rings. The lowest BCUT2D eigenvalue weighted by molar-refractivity contribution is -0.113. The van der Waals surface area contributed by atoms with Gasteiger partial charge in [0, 0.05) is 16.4 Å². The fourth-order valence-electron chi connectivity index (χ4n) is 2.48. The number of amides is 1. The van der Waals surface area contributed by atoms with Crippen LogP contribution in [0.2, 0.25) is 0 Å². The van der Waals surface area contributed by atoms with Gasteiger partial charge in [-0.3, -0.25) is 4.79 Å². The van der Waals surface area contributed by atoms with E-state index in [-0.39, 0.29) is 11.7 Å². The molecule has 2 N–H and O–H groups in total. The van der Waals surface area contributed by atoms with Gasteiger partial charge in [0.25, 0.3) is 0 Å². The van der Waals surface area contributed by atoms with Crippen molar-refractivity contribution >= 4 is 50.5 Å². The summed E-state index contributed by atoms with van der Waals surface area (Å²) in [6.07, 6.45) is 1.69. The third kappa shape index (κ3) is 4.71. The molecule has 0 bridgehead atoms. The number of pyridine rings is 1. The largest absolute Gasteiger partial charge is 0.457 e. The molecule has 0 fully saturated rings. The number of rotatable bonds is 6. The predicted molar refractivity (Wildman–Crippen MR) is 114 cm³/mol. The summed E-state index contributed by atoms with van der Waals surface area (Å²) in [5.41, 5.74) is 2.16. The topological polar surface area (TPSA) is 79.9 Å². The Bertz CT molecular complexity index is 1100. The summed E-state index contributed by atoms with van der Waals surface area (Å²) in [4.78, 5) is 23.9. The highest BCUT2D eigenvalue weighted by atomic mass is 79.9. The summed E-state index contributed by atoms with van der Waals surface area (Å²) >= 11 is 4.70. The summed E-state index contributed by atoms with van der Waals surface area (Å²) < 4.78 is 6.62. The van der Waals surface area contributed by atoms with Crippen LogP contribution in [0.5, 0.6) is 11.5 Å². The number of carbonyl (C=O) groups excluding carboxylic acids is 1. The number of nitrogens with zero attached hydrogens (tertiary/aromatic N) is 2. The molecule has 4 aromatic rings. The molecule has 1 amide bonds. The Morgan fingerprint density at radius 1 is 1.11 bits per heavy atom. The first-order chi connectivity index (χ1) is 13.7. The van der Waals surface area contributed by atoms with Crippen LogP contribution in [0.4, 0.5) is 5.69 Å². The number of hydrogen-bond acceptors (Lipinski definition) is 5. The maximum atomic E-state index is 12.2. The maximum absolute atomic E-state index is 12.2. The lowest BCUT2D eigenvalue weighted by Crippen LogP contribution is -2.13. The Morgan fingerprint density at radius 2 is 1.86 bits per heavy atom. The minimum absolute atomic E-state index is 0.115. The van der Waals surface area contributed by atoms with Gasteiger partial charge in [-0.1, -0.05) is 30.0 Å². The minimum atomic E-state index is -0.115. The van der Waals surface area contributed by atoms with Crippen LogP contribution in [0, 0.1) is 0 Å². The van der Waals surface area contributed by atoms with Crippen molar-refractivity contribution in [3.05, 3.63) is 71.3 Å². The fraction of sp³-hybridized carbons (Fsp3) is 0.0500. The van der Waals surface area contributed by atoms with E-state index in [1.807, 2.05) is 60.7 Å². The molecule has 0 atom stereocenters. The molecule has 0 aliphatic carbocycles. The van der Waals surface area contributed by atoms with E-state index in [4.69, 9.17) is 4.74 Å². The van der Waals surface area contributed by atoms with E-state index >= 15 is 0 Å². The van der Waals surface area contributed by atoms with E-state index in [1.165, 1.54) is 11.8 Å². The lowest BCUT2D eigenvalue weighted by atomic mass is 10.3. The molecule has 2 heterocycles. The molecule has 4 rings (SSSR count). The Hall–Kier alpha value is -2.84. The normalized spacial score (nSPS) is 10.8. The van der Waals surface area contributed by atoms with E-state index in [0.717, 1.165) is 15.7 Å². The summed E-state index contributed by atoms with van der Waals surface area (Å²) in [6.45, 7) is 0. The molecule has 2 aromatic carbocycles. The van der Waals surface area contributed by atoms with Crippen molar-refractivity contribution in [2.75, 3.05) is 11.1 Å². The number of aromatic nitrogens is 3. The number of para-hydroxylation sites is 1. The molecule has 0 spiro atoms. The SMILES string of the molecule is O=C(CSc1nc2ncc(Br)cc2[nH]1)Nc1ccc(Oc2ccccc2)cc1. The maximum Gasteiger partial charge on any atom is 0.234 e. The monoisotopic (exact) mass is 454 g/mol. The molecule has 6 nitrogen and oxygen atoms in total. The van der Waals surface area contributed by atoms with E-state index in [0.29, 0.717) is 22.2 Å². The Kier molecular flexibility index (Phi) is 5.59. The number of anilines is 1. The number of imidazole rings is 1. The van der Waals surface area contributed by atoms with Crippen LogP contribution in [0.15, 0.2) is 76.5 Å². The van der Waals surface area contributed by atoms with Crippen molar-refractivity contribution in [1.29, 1.82) is 0 Å². The highest BCUT2D eigenvalue weighted by Crippen LogP contribution is 2.23. The van der Waals surface area contributed by atoms with Gasteiger partial charge in [0.2, 0.25) is 5.91 Å². The summed E-state index contributed by atoms with van der Waals surface area (Å²) in [6, 6.07) is 18.7. The van der Waals surface area contributed by atoms with Gasteiger partial charge in [0.1, 0.15) is 11.5 Å². The molecule has 8 heteroatoms. The highest BCUT2D eigenvalue weighted by Gasteiger charge is 2.09. The zero-order valence-corrected chi connectivity index (χ0v) is 17.0. The first-order valence-electron chi connectivity index (χ1n) is 8.42. The number of nitrogens with one attached hydrogen (secondary N) is 2. The molecular formula is C20H15BrN4O2S. The zero-order chi connectivity index (χ0) is 19.3. The standard InChI is InChI=1S/C20H15BrN4O2S/c21-13-10-17-19(22-11-13)25-20(24-17)28-12-18(26)23-14-6-8-16(9-7-14)27-15-4-2-1-3-5-15/h1-11H,12H2,(H,23,26)(H,22,24,25). The number of ether oxygens (including phenoxy) is 1. The van der Waals surface area contributed by atoms with Gasteiger partial charge in [-0.15, -0.1) is 0 Å². The van der Waals surface area contributed by atoms with Crippen molar-refractivity contribution in [2.24, 2.45) is 0 Å². The second kappa shape index (κ2) is 8.45. The number of thioether (sulfide) groups is 1. The van der Waals surface area contributed by atoms with Crippen LogP contribution in [0.1, 0.15) is 0 Å². The molecule has 0 saturated heterocycles. The van der Waals surface area contributed by atoms with Crippen molar-refractivity contribution in [3.8, 4) is 11.5 Å². The lowest BCUT2D eigenvalue weighted by Gasteiger charge is -2.07. The summed E-state index contributed by atoms with van der Waals surface area (Å²) in [5.74, 6) is 1.60. The molecule has 0 radical (unpaired) electrons. The number of fused-ring (bicyclic) bond motifs is 1. The number of aromatic amines is 1. The van der Waals surface area contributed by atoms with Gasteiger partial charge >= 0.3 is 0 Å². The number of H-pyrrole nitrogens is 1. The van der Waals surface area contributed by atoms with Crippen LogP contribution in [-0.4, -0.2) is 26.6 Å². The summed E-state index contributed by atoms with van der Waals surface area (Å²) in [5, 5.41) is 3.52. The molecule has 2 aromatic heterocycles. The van der Waals surface area contributed by atoms with Crippen molar-refractivity contribution in [1.82, 2.24) is 15.0 Å². The molecule has 28 heavy (non-hydrogen) atoms. The average Bonchev–Trinajstić information content (AvgIpc) is 3.11. The second-order valence-corrected chi connectivity index (χ2v) is 7.72. The van der Waals surface area contributed by atoms with E-state index in [9.17, 15) is 4.79 Å². The quantitative estimate of drug-likeness (QED) is 0.389. The van der Waals surface area contributed by atoms with Gasteiger partial charge in [-0.25, -0.2) is 9.97 Å². The Balaban J connectivity index is 1.31. The van der Waals surface area contributed by atoms with Crippen molar-refractivity contribution in [3.63, 3.8) is 0 Å².